The minimum atomic E-state index is -5.18. The lowest BCUT2D eigenvalue weighted by atomic mass is 9.81. The van der Waals surface area contributed by atoms with Crippen molar-refractivity contribution in [2.75, 3.05) is 11.9 Å². The van der Waals surface area contributed by atoms with Crippen molar-refractivity contribution in [1.29, 1.82) is 0 Å². The second-order valence-electron chi connectivity index (χ2n) is 15.3. The second-order valence-corrected chi connectivity index (χ2v) is 15.3. The zero-order chi connectivity index (χ0) is 41.0. The number of carbonyl (C=O) groups excluding carboxylic acids is 2. The number of pyridine rings is 1. The number of nitrogens with zero attached hydrogens (tertiary/aromatic N) is 4. The van der Waals surface area contributed by atoms with E-state index in [9.17, 15) is 22.8 Å². The molecule has 1 saturated carbocycles. The molecule has 1 atom stereocenters. The van der Waals surface area contributed by atoms with Crippen LogP contribution in [0.5, 0.6) is 0 Å². The van der Waals surface area contributed by atoms with Gasteiger partial charge in [-0.3, -0.25) is 10.1 Å². The molecule has 0 radical (unpaired) electrons. The molecule has 16 heteroatoms. The highest BCUT2D eigenvalue weighted by Crippen LogP contribution is 2.47. The van der Waals surface area contributed by atoms with Crippen molar-refractivity contribution in [1.82, 2.24) is 20.1 Å². The molecular formula is C41H43F6N5O5. The van der Waals surface area contributed by atoms with Crippen LogP contribution >= 0.6 is 0 Å². The average molecular weight is 800 g/mol. The lowest BCUT2D eigenvalue weighted by molar-refractivity contribution is -0.295. The van der Waals surface area contributed by atoms with Gasteiger partial charge in [0.1, 0.15) is 11.3 Å². The molecule has 2 amide bonds. The molecule has 4 bridgehead atoms. The molecule has 2 aromatic heterocycles. The molecule has 1 aliphatic carbocycles. The molecule has 0 saturated heterocycles. The molecule has 57 heavy (non-hydrogen) atoms. The number of hydrogen-bond donors (Lipinski definition) is 1. The third-order valence-corrected chi connectivity index (χ3v) is 9.81. The van der Waals surface area contributed by atoms with Crippen LogP contribution in [0.3, 0.4) is 0 Å². The van der Waals surface area contributed by atoms with E-state index in [2.05, 4.69) is 20.5 Å². The molecule has 6 rings (SSSR count). The van der Waals surface area contributed by atoms with E-state index in [1.807, 2.05) is 12.1 Å². The van der Waals surface area contributed by atoms with Crippen molar-refractivity contribution in [3.63, 3.8) is 0 Å². The Morgan fingerprint density at radius 1 is 0.930 bits per heavy atom. The molecular weight excluding hydrogens is 756 g/mol. The van der Waals surface area contributed by atoms with Crippen LogP contribution in [-0.4, -0.2) is 50.4 Å². The number of fused-ring (bicyclic) bond motifs is 5. The topological polar surface area (TPSA) is 120 Å². The SMILES string of the molecule is CC(C)(C)OC(=O)Nc1cc(C(F)(F)F)c2nc1-c1nnc(o1)C(OCc1ccccc1)(C(F)(F)F)C/C=C/CCN(Cc1ccc(CCC3CCC3)cc1)C2=O. The van der Waals surface area contributed by atoms with Crippen LogP contribution in [0.4, 0.5) is 36.8 Å². The molecule has 3 heterocycles. The van der Waals surface area contributed by atoms with Gasteiger partial charge in [-0.05, 0) is 68.7 Å². The van der Waals surface area contributed by atoms with E-state index in [1.165, 1.54) is 52.2 Å². The minimum absolute atomic E-state index is 0.0423. The van der Waals surface area contributed by atoms with Gasteiger partial charge in [-0.2, -0.15) is 26.3 Å². The van der Waals surface area contributed by atoms with Crippen molar-refractivity contribution in [2.45, 2.75) is 102 Å². The Labute approximate surface area is 325 Å². The largest absolute Gasteiger partial charge is 0.444 e. The molecule has 1 aliphatic heterocycles. The summed E-state index contributed by atoms with van der Waals surface area (Å²) in [6, 6.07) is 15.9. The monoisotopic (exact) mass is 799 g/mol. The number of amides is 2. The predicted molar refractivity (Wildman–Crippen MR) is 197 cm³/mol. The van der Waals surface area contributed by atoms with Gasteiger partial charge >= 0.3 is 18.4 Å². The molecule has 1 fully saturated rings. The van der Waals surface area contributed by atoms with Gasteiger partial charge in [0.15, 0.2) is 5.69 Å². The Balaban J connectivity index is 1.46. The fourth-order valence-corrected chi connectivity index (χ4v) is 6.54. The van der Waals surface area contributed by atoms with Crippen LogP contribution in [0.15, 0.2) is 77.2 Å². The van der Waals surface area contributed by atoms with Gasteiger partial charge in [0.25, 0.3) is 17.7 Å². The lowest BCUT2D eigenvalue weighted by Crippen LogP contribution is -2.45. The second kappa shape index (κ2) is 16.7. The van der Waals surface area contributed by atoms with Crippen LogP contribution in [0, 0.1) is 5.92 Å². The highest BCUT2D eigenvalue weighted by atomic mass is 19.4. The number of rotatable bonds is 9. The van der Waals surface area contributed by atoms with Crippen LogP contribution in [0.25, 0.3) is 11.6 Å². The number of ether oxygens (including phenoxy) is 2. The quantitative estimate of drug-likeness (QED) is 0.131. The van der Waals surface area contributed by atoms with E-state index in [-0.39, 0.29) is 19.5 Å². The Hall–Kier alpha value is -5.25. The van der Waals surface area contributed by atoms with Gasteiger partial charge in [-0.15, -0.1) is 10.2 Å². The van der Waals surface area contributed by atoms with Gasteiger partial charge in [0.2, 0.25) is 5.60 Å². The van der Waals surface area contributed by atoms with Gasteiger partial charge in [-0.25, -0.2) is 9.78 Å². The summed E-state index contributed by atoms with van der Waals surface area (Å²) in [5.74, 6) is -2.31. The fourth-order valence-electron chi connectivity index (χ4n) is 6.54. The highest BCUT2D eigenvalue weighted by molar-refractivity contribution is 5.97. The third kappa shape index (κ3) is 10.0. The molecule has 4 aromatic rings. The summed E-state index contributed by atoms with van der Waals surface area (Å²) in [6.45, 7) is 3.69. The molecule has 2 aromatic carbocycles. The Kier molecular flexibility index (Phi) is 12.1. The first-order chi connectivity index (χ1) is 26.9. The zero-order valence-electron chi connectivity index (χ0n) is 31.7. The summed E-state index contributed by atoms with van der Waals surface area (Å²) in [7, 11) is 0. The van der Waals surface area contributed by atoms with Crippen molar-refractivity contribution >= 4 is 17.7 Å². The number of alkyl halides is 6. The smallest absolute Gasteiger partial charge is 0.426 e. The Bertz CT molecular complexity index is 2060. The number of carbonyl (C=O) groups is 2. The first-order valence-corrected chi connectivity index (χ1v) is 18.7. The third-order valence-electron chi connectivity index (χ3n) is 9.81. The molecule has 1 N–H and O–H groups in total. The summed E-state index contributed by atoms with van der Waals surface area (Å²) < 4.78 is 107. The number of hydrogen-bond acceptors (Lipinski definition) is 8. The molecule has 1 unspecified atom stereocenters. The van der Waals surface area contributed by atoms with E-state index in [4.69, 9.17) is 13.9 Å². The number of nitrogens with one attached hydrogen (secondary N) is 1. The van der Waals surface area contributed by atoms with E-state index < -0.39 is 83.0 Å². The fraction of sp³-hybridized carbons (Fsp3) is 0.439. The maximum absolute atomic E-state index is 15.3. The number of aryl methyl sites for hydroxylation is 1. The summed E-state index contributed by atoms with van der Waals surface area (Å²) in [5, 5.41) is 9.61. The van der Waals surface area contributed by atoms with Gasteiger partial charge in [0.05, 0.1) is 17.9 Å². The zero-order valence-corrected chi connectivity index (χ0v) is 31.7. The maximum atomic E-state index is 15.3. The number of benzene rings is 2. The molecule has 304 valence electrons. The van der Waals surface area contributed by atoms with E-state index in [0.29, 0.717) is 23.1 Å². The first kappa shape index (κ1) is 41.4. The van der Waals surface area contributed by atoms with Gasteiger partial charge in [-0.1, -0.05) is 86.0 Å². The number of aromatic nitrogens is 3. The van der Waals surface area contributed by atoms with E-state index >= 15 is 13.2 Å². The Morgan fingerprint density at radius 2 is 1.63 bits per heavy atom. The average Bonchev–Trinajstić information content (AvgIpc) is 3.60. The predicted octanol–water partition coefficient (Wildman–Crippen LogP) is 10.2. The van der Waals surface area contributed by atoms with E-state index in [0.717, 1.165) is 23.3 Å². The Morgan fingerprint density at radius 3 is 2.26 bits per heavy atom. The summed E-state index contributed by atoms with van der Waals surface area (Å²) in [4.78, 5) is 32.4. The van der Waals surface area contributed by atoms with Gasteiger partial charge < -0.3 is 18.8 Å². The lowest BCUT2D eigenvalue weighted by Gasteiger charge is -2.32. The highest BCUT2D eigenvalue weighted by Gasteiger charge is 2.61. The van der Waals surface area contributed by atoms with Gasteiger partial charge in [0, 0.05) is 19.5 Å². The number of anilines is 1. The van der Waals surface area contributed by atoms with Crippen molar-refractivity contribution in [3.8, 4) is 11.6 Å². The summed E-state index contributed by atoms with van der Waals surface area (Å²) >= 11 is 0. The van der Waals surface area contributed by atoms with E-state index in [1.54, 1.807) is 42.5 Å². The molecule has 2 aliphatic rings. The summed E-state index contributed by atoms with van der Waals surface area (Å²) in [6.07, 6.45) is -4.27. The van der Waals surface area contributed by atoms with Crippen molar-refractivity contribution in [2.24, 2.45) is 5.92 Å². The van der Waals surface area contributed by atoms with Crippen LogP contribution in [0.2, 0.25) is 0 Å². The standard InChI is InChI=1S/C41H43F6N5O5/c1-38(2,3)57-37(54)48-31-23-30(40(42,43)44)32-35(53)52(24-28-19-17-27(18-20-28)16-15-26-13-10-14-26)22-9-5-8-21-39(41(45,46)47,55-25-29-11-6-4-7-12-29)36-51-50-34(56-36)33(31)49-32/h4-8,11-12,17-20,23,26H,9-10,13-16,21-22,24-25H2,1-3H3,(H,48,54)/b8-5+. The normalized spacial score (nSPS) is 18.8. The van der Waals surface area contributed by atoms with Crippen LogP contribution in [-0.2, 0) is 40.8 Å². The van der Waals surface area contributed by atoms with Crippen LogP contribution < -0.4 is 5.32 Å². The molecule has 0 spiro atoms. The van der Waals surface area contributed by atoms with Crippen molar-refractivity contribution in [3.05, 3.63) is 107 Å². The number of halogens is 6. The molecule has 10 nitrogen and oxygen atoms in total. The van der Waals surface area contributed by atoms with Crippen molar-refractivity contribution < 1.29 is 49.8 Å². The minimum Gasteiger partial charge on any atom is -0.444 e. The van der Waals surface area contributed by atoms with Crippen LogP contribution in [0.1, 0.15) is 97.9 Å². The maximum Gasteiger partial charge on any atom is 0.426 e. The first-order valence-electron chi connectivity index (χ1n) is 18.7. The summed E-state index contributed by atoms with van der Waals surface area (Å²) in [5.41, 5.74) is -6.23.